The summed E-state index contributed by atoms with van der Waals surface area (Å²) in [6.07, 6.45) is -0.00193. The van der Waals surface area contributed by atoms with E-state index in [1.54, 1.807) is 24.3 Å². The molecule has 1 aromatic rings. The molecule has 1 rings (SSSR count). The predicted octanol–water partition coefficient (Wildman–Crippen LogP) is 1.32. The second kappa shape index (κ2) is 5.72. The van der Waals surface area contributed by atoms with E-state index in [1.165, 1.54) is 0 Å². The monoisotopic (exact) mass is 234 g/mol. The van der Waals surface area contributed by atoms with Crippen LogP contribution in [0.5, 0.6) is 0 Å². The van der Waals surface area contributed by atoms with Gasteiger partial charge in [-0.3, -0.25) is 0 Å². The van der Waals surface area contributed by atoms with E-state index >= 15 is 0 Å². The maximum Gasteiger partial charge on any atom is 0.173 e. The van der Waals surface area contributed by atoms with Gasteiger partial charge in [0.25, 0.3) is 0 Å². The normalized spacial score (nSPS) is 13.6. The van der Waals surface area contributed by atoms with Crippen LogP contribution in [-0.4, -0.2) is 25.7 Å². The summed E-state index contributed by atoms with van der Waals surface area (Å²) in [6.45, 7) is 0. The first-order valence-corrected chi connectivity index (χ1v) is 6.73. The lowest BCUT2D eigenvalue weighted by Gasteiger charge is -2.18. The Bertz CT molecular complexity index is 265. The van der Waals surface area contributed by atoms with E-state index in [9.17, 15) is 0 Å². The summed E-state index contributed by atoms with van der Waals surface area (Å²) < 4.78 is 0. The molecule has 78 valence electrons. The highest BCUT2D eigenvalue weighted by molar-refractivity contribution is 7.49. The Kier molecular flexibility index (Phi) is 4.90. The van der Waals surface area contributed by atoms with E-state index in [4.69, 9.17) is 19.6 Å². The van der Waals surface area contributed by atoms with Crippen LogP contribution in [0.3, 0.4) is 0 Å². The van der Waals surface area contributed by atoms with Crippen molar-refractivity contribution in [2.45, 2.75) is 5.66 Å². The van der Waals surface area contributed by atoms with Crippen molar-refractivity contribution in [1.82, 2.24) is 0 Å². The van der Waals surface area contributed by atoms with Crippen LogP contribution in [0.15, 0.2) is 30.3 Å². The Morgan fingerprint density at radius 2 is 1.57 bits per heavy atom. The lowest BCUT2D eigenvalue weighted by molar-refractivity contribution is 0.456. The van der Waals surface area contributed by atoms with E-state index in [0.29, 0.717) is 0 Å². The van der Waals surface area contributed by atoms with Gasteiger partial charge in [-0.25, -0.2) is 0 Å². The molecule has 0 aliphatic heterocycles. The van der Waals surface area contributed by atoms with Gasteiger partial charge in [-0.1, -0.05) is 30.3 Å². The molecule has 0 amide bonds. The molecule has 0 saturated carbocycles. The van der Waals surface area contributed by atoms with E-state index in [-0.39, 0.29) is 6.16 Å². The zero-order chi connectivity index (χ0) is 10.6. The van der Waals surface area contributed by atoms with E-state index in [0.717, 1.165) is 5.56 Å². The molecule has 14 heavy (non-hydrogen) atoms. The predicted molar refractivity (Wildman–Crippen MR) is 56.8 cm³/mol. The number of hydrogen-bond donors (Lipinski definition) is 4. The first-order chi connectivity index (χ1) is 6.61. The van der Waals surface area contributed by atoms with Gasteiger partial charge in [0.05, 0.1) is 5.66 Å². The summed E-state index contributed by atoms with van der Waals surface area (Å²) in [5.41, 5.74) is 0.145. The molecule has 0 fully saturated rings. The molecule has 4 N–H and O–H groups in total. The third-order valence-electron chi connectivity index (χ3n) is 1.80. The van der Waals surface area contributed by atoms with Crippen LogP contribution < -0.4 is 0 Å². The Labute approximate surface area is 84.7 Å². The zero-order valence-electron chi connectivity index (χ0n) is 7.35. The van der Waals surface area contributed by atoms with Crippen molar-refractivity contribution in [2.24, 2.45) is 0 Å². The van der Waals surface area contributed by atoms with E-state index < -0.39 is 22.4 Å². The van der Waals surface area contributed by atoms with Gasteiger partial charge in [-0.15, -0.1) is 0 Å². The Morgan fingerprint density at radius 1 is 1.00 bits per heavy atom. The Morgan fingerprint density at radius 3 is 2.00 bits per heavy atom. The molecule has 0 aliphatic carbocycles. The van der Waals surface area contributed by atoms with Crippen LogP contribution in [0.4, 0.5) is 0 Å². The average Bonchev–Trinajstić information content (AvgIpc) is 2.15. The second-order valence-electron chi connectivity index (χ2n) is 2.80. The molecule has 0 saturated heterocycles. The summed E-state index contributed by atoms with van der Waals surface area (Å²) >= 11 is 0. The number of rotatable bonds is 4. The standard InChI is InChI=1S/C8H12O4P2/c9-13(10)6-8(14(11)12)7-4-2-1-3-5-7/h1-5,8-12H,6H2. The van der Waals surface area contributed by atoms with Crippen molar-refractivity contribution in [1.29, 1.82) is 0 Å². The average molecular weight is 234 g/mol. The van der Waals surface area contributed by atoms with Crippen molar-refractivity contribution < 1.29 is 19.6 Å². The van der Waals surface area contributed by atoms with Crippen molar-refractivity contribution in [3.8, 4) is 0 Å². The lowest BCUT2D eigenvalue weighted by Crippen LogP contribution is -2.01. The molecule has 0 aromatic heterocycles. The minimum atomic E-state index is -2.18. The highest BCUT2D eigenvalue weighted by atomic mass is 31.2. The number of hydrogen-bond acceptors (Lipinski definition) is 4. The first-order valence-electron chi connectivity index (χ1n) is 3.98. The Hall–Kier alpha value is -0.0800. The highest BCUT2D eigenvalue weighted by Gasteiger charge is 2.22. The van der Waals surface area contributed by atoms with Crippen LogP contribution >= 0.6 is 16.8 Å². The van der Waals surface area contributed by atoms with E-state index in [2.05, 4.69) is 0 Å². The van der Waals surface area contributed by atoms with E-state index in [1.807, 2.05) is 6.07 Å². The molecule has 0 heterocycles. The fourth-order valence-corrected chi connectivity index (χ4v) is 3.12. The highest BCUT2D eigenvalue weighted by Crippen LogP contribution is 2.49. The van der Waals surface area contributed by atoms with Crippen molar-refractivity contribution in [3.63, 3.8) is 0 Å². The molecule has 0 bridgehead atoms. The molecule has 1 aromatic carbocycles. The molecule has 0 aliphatic rings. The largest absolute Gasteiger partial charge is 0.350 e. The van der Waals surface area contributed by atoms with Crippen LogP contribution in [-0.2, 0) is 0 Å². The quantitative estimate of drug-likeness (QED) is 0.592. The maximum absolute atomic E-state index is 9.12. The molecule has 4 nitrogen and oxygen atoms in total. The molecular weight excluding hydrogens is 222 g/mol. The minimum absolute atomic E-state index is 0.00193. The summed E-state index contributed by atoms with van der Waals surface area (Å²) in [7, 11) is -4.28. The maximum atomic E-state index is 9.12. The van der Waals surface area contributed by atoms with Crippen LogP contribution in [0.1, 0.15) is 11.2 Å². The van der Waals surface area contributed by atoms with Gasteiger partial charge >= 0.3 is 0 Å². The third-order valence-corrected chi connectivity index (χ3v) is 3.82. The van der Waals surface area contributed by atoms with Gasteiger partial charge in [0.2, 0.25) is 0 Å². The molecule has 0 spiro atoms. The van der Waals surface area contributed by atoms with Gasteiger partial charge < -0.3 is 19.6 Å². The second-order valence-corrected chi connectivity index (χ2v) is 5.18. The van der Waals surface area contributed by atoms with Crippen molar-refractivity contribution in [2.75, 3.05) is 6.16 Å². The smallest absolute Gasteiger partial charge is 0.173 e. The summed E-state index contributed by atoms with van der Waals surface area (Å²) in [5, 5.41) is 0. The zero-order valence-corrected chi connectivity index (χ0v) is 9.14. The summed E-state index contributed by atoms with van der Waals surface area (Å²) in [4.78, 5) is 35.9. The van der Waals surface area contributed by atoms with Crippen LogP contribution in [0, 0.1) is 0 Å². The molecule has 1 unspecified atom stereocenters. The SMILES string of the molecule is OP(O)CC(c1ccccc1)P(O)O. The van der Waals surface area contributed by atoms with Crippen LogP contribution in [0.25, 0.3) is 0 Å². The van der Waals surface area contributed by atoms with Gasteiger partial charge in [-0.05, 0) is 5.56 Å². The number of benzene rings is 1. The topological polar surface area (TPSA) is 80.9 Å². The van der Waals surface area contributed by atoms with Crippen LogP contribution in [0.2, 0.25) is 0 Å². The summed E-state index contributed by atoms with van der Waals surface area (Å²) in [6, 6.07) is 8.85. The van der Waals surface area contributed by atoms with Gasteiger partial charge in [0.15, 0.2) is 16.8 Å². The van der Waals surface area contributed by atoms with Crippen molar-refractivity contribution >= 4 is 16.8 Å². The fourth-order valence-electron chi connectivity index (χ4n) is 1.14. The molecular formula is C8H12O4P2. The fraction of sp³-hybridized carbons (Fsp3) is 0.250. The Balaban J connectivity index is 2.78. The van der Waals surface area contributed by atoms with Crippen molar-refractivity contribution in [3.05, 3.63) is 35.9 Å². The van der Waals surface area contributed by atoms with Gasteiger partial charge in [0.1, 0.15) is 0 Å². The van der Waals surface area contributed by atoms with Gasteiger partial charge in [0, 0.05) is 6.16 Å². The third kappa shape index (κ3) is 3.58. The molecule has 6 heteroatoms. The minimum Gasteiger partial charge on any atom is -0.350 e. The molecule has 1 atom stereocenters. The molecule has 0 radical (unpaired) electrons. The first kappa shape index (κ1) is 12.0. The lowest BCUT2D eigenvalue weighted by atomic mass is 10.2. The summed E-state index contributed by atoms with van der Waals surface area (Å²) in [5.74, 6) is 0. The van der Waals surface area contributed by atoms with Gasteiger partial charge in [-0.2, -0.15) is 0 Å².